The standard InChI is InChI=1S/C27H45N3O10/c1-3-4-24(28-8-10-31)23(2)29-25(32)7-11-35-13-15-37-17-19-39-21-22-40-20-18-38-16-14-36-12-9-30-26(33)5-6-27(30)34/h4-6,10,23,28H,3,7-9,11-22H2,1-2H3,(H,29,32)/b24-4+. The molecular formula is C27H45N3O10. The highest BCUT2D eigenvalue weighted by molar-refractivity contribution is 6.12. The van der Waals surface area contributed by atoms with E-state index in [9.17, 15) is 19.2 Å². The molecule has 0 saturated carbocycles. The summed E-state index contributed by atoms with van der Waals surface area (Å²) in [5.74, 6) is -0.752. The first-order valence-electron chi connectivity index (χ1n) is 13.7. The topological polar surface area (TPSA) is 151 Å². The Morgan fingerprint density at radius 2 is 1.25 bits per heavy atom. The summed E-state index contributed by atoms with van der Waals surface area (Å²) in [5, 5.41) is 5.89. The SMILES string of the molecule is CC/C=C(/NCC=O)C(C)NC(=O)CCOCCOCCOCCOCCOCCOCCN1C(=O)C=CC1=O. The third kappa shape index (κ3) is 17.8. The first-order chi connectivity index (χ1) is 19.5. The van der Waals surface area contributed by atoms with Crippen LogP contribution in [0.25, 0.3) is 0 Å². The van der Waals surface area contributed by atoms with E-state index in [2.05, 4.69) is 10.6 Å². The van der Waals surface area contributed by atoms with Crippen molar-refractivity contribution >= 4 is 24.0 Å². The average molecular weight is 572 g/mol. The van der Waals surface area contributed by atoms with Gasteiger partial charge in [0.15, 0.2) is 0 Å². The molecule has 1 heterocycles. The van der Waals surface area contributed by atoms with E-state index < -0.39 is 0 Å². The molecule has 0 bridgehead atoms. The van der Waals surface area contributed by atoms with E-state index in [1.807, 2.05) is 19.9 Å². The van der Waals surface area contributed by atoms with E-state index in [1.165, 1.54) is 12.2 Å². The van der Waals surface area contributed by atoms with Gasteiger partial charge in [-0.05, 0) is 13.3 Å². The van der Waals surface area contributed by atoms with Gasteiger partial charge >= 0.3 is 0 Å². The van der Waals surface area contributed by atoms with Gasteiger partial charge in [-0.3, -0.25) is 19.3 Å². The highest BCUT2D eigenvalue weighted by atomic mass is 16.6. The number of hydrogen-bond acceptors (Lipinski definition) is 11. The molecule has 0 aromatic carbocycles. The highest BCUT2D eigenvalue weighted by Crippen LogP contribution is 2.02. The first-order valence-corrected chi connectivity index (χ1v) is 13.7. The molecule has 13 nitrogen and oxygen atoms in total. The van der Waals surface area contributed by atoms with Crippen LogP contribution in [0.5, 0.6) is 0 Å². The molecule has 1 unspecified atom stereocenters. The van der Waals surface area contributed by atoms with E-state index >= 15 is 0 Å². The summed E-state index contributed by atoms with van der Waals surface area (Å²) in [6.45, 7) is 9.02. The smallest absolute Gasteiger partial charge is 0.253 e. The van der Waals surface area contributed by atoms with Crippen LogP contribution in [0.1, 0.15) is 26.7 Å². The van der Waals surface area contributed by atoms with Crippen LogP contribution in [0.3, 0.4) is 0 Å². The molecule has 13 heteroatoms. The molecule has 3 amide bonds. The number of aldehydes is 1. The lowest BCUT2D eigenvalue weighted by atomic mass is 10.2. The van der Waals surface area contributed by atoms with Crippen LogP contribution in [-0.2, 0) is 47.6 Å². The number of carbonyl (C=O) groups excluding carboxylic acids is 4. The van der Waals surface area contributed by atoms with Crippen molar-refractivity contribution in [3.8, 4) is 0 Å². The van der Waals surface area contributed by atoms with Gasteiger partial charge in [-0.15, -0.1) is 0 Å². The molecule has 1 atom stereocenters. The maximum atomic E-state index is 12.1. The molecule has 1 aliphatic rings. The monoisotopic (exact) mass is 571 g/mol. The van der Waals surface area contributed by atoms with Crippen LogP contribution in [0.15, 0.2) is 23.9 Å². The van der Waals surface area contributed by atoms with Crippen molar-refractivity contribution < 1.29 is 47.6 Å². The largest absolute Gasteiger partial charge is 0.380 e. The van der Waals surface area contributed by atoms with Gasteiger partial charge in [0.25, 0.3) is 11.8 Å². The van der Waals surface area contributed by atoms with Crippen molar-refractivity contribution in [1.29, 1.82) is 0 Å². The lowest BCUT2D eigenvalue weighted by molar-refractivity contribution is -0.137. The number of amides is 3. The number of nitrogens with one attached hydrogen (secondary N) is 2. The van der Waals surface area contributed by atoms with Gasteiger partial charge in [0.2, 0.25) is 5.91 Å². The number of carbonyl (C=O) groups is 4. The molecule has 0 spiro atoms. The van der Waals surface area contributed by atoms with E-state index in [-0.39, 0.29) is 49.9 Å². The summed E-state index contributed by atoms with van der Waals surface area (Å²) in [6, 6.07) is -0.210. The summed E-state index contributed by atoms with van der Waals surface area (Å²) in [5.41, 5.74) is 0.821. The zero-order valence-electron chi connectivity index (χ0n) is 23.7. The van der Waals surface area contributed by atoms with E-state index in [0.29, 0.717) is 72.7 Å². The number of imide groups is 1. The van der Waals surface area contributed by atoms with Gasteiger partial charge in [-0.1, -0.05) is 13.0 Å². The number of ether oxygens (including phenoxy) is 6. The van der Waals surface area contributed by atoms with Gasteiger partial charge in [-0.2, -0.15) is 0 Å². The van der Waals surface area contributed by atoms with Crippen molar-refractivity contribution in [2.24, 2.45) is 0 Å². The molecule has 0 saturated heterocycles. The van der Waals surface area contributed by atoms with E-state index in [1.54, 1.807) is 0 Å². The molecule has 0 aromatic heterocycles. The van der Waals surface area contributed by atoms with Crippen LogP contribution >= 0.6 is 0 Å². The quantitative estimate of drug-likeness (QED) is 0.0778. The van der Waals surface area contributed by atoms with Gasteiger partial charge in [0, 0.05) is 24.3 Å². The minimum Gasteiger partial charge on any atom is -0.380 e. The van der Waals surface area contributed by atoms with Crippen LogP contribution < -0.4 is 10.6 Å². The maximum Gasteiger partial charge on any atom is 0.253 e. The van der Waals surface area contributed by atoms with E-state index in [4.69, 9.17) is 28.4 Å². The lowest BCUT2D eigenvalue weighted by Gasteiger charge is -2.18. The Morgan fingerprint density at radius 1 is 0.800 bits per heavy atom. The van der Waals surface area contributed by atoms with Crippen LogP contribution in [0, 0.1) is 0 Å². The van der Waals surface area contributed by atoms with Crippen molar-refractivity contribution in [2.45, 2.75) is 32.7 Å². The zero-order chi connectivity index (χ0) is 29.3. The molecule has 0 fully saturated rings. The van der Waals surface area contributed by atoms with Gasteiger partial charge < -0.3 is 43.8 Å². The Hall–Kier alpha value is -2.68. The number of rotatable bonds is 27. The lowest BCUT2D eigenvalue weighted by Crippen LogP contribution is -2.39. The minimum absolute atomic E-state index is 0.125. The summed E-state index contributed by atoms with van der Waals surface area (Å²) < 4.78 is 32.5. The second-order valence-corrected chi connectivity index (χ2v) is 8.49. The molecule has 40 heavy (non-hydrogen) atoms. The molecule has 1 aliphatic heterocycles. The van der Waals surface area contributed by atoms with Crippen molar-refractivity contribution in [3.05, 3.63) is 23.9 Å². The number of hydrogen-bond donors (Lipinski definition) is 2. The summed E-state index contributed by atoms with van der Waals surface area (Å²) in [7, 11) is 0. The third-order valence-electron chi connectivity index (χ3n) is 5.35. The molecule has 2 N–H and O–H groups in total. The molecule has 1 rings (SSSR count). The fraction of sp³-hybridized carbons (Fsp3) is 0.704. The second-order valence-electron chi connectivity index (χ2n) is 8.49. The predicted molar refractivity (Wildman–Crippen MR) is 145 cm³/mol. The van der Waals surface area contributed by atoms with Crippen molar-refractivity contribution in [2.75, 3.05) is 92.4 Å². The van der Waals surface area contributed by atoms with E-state index in [0.717, 1.165) is 23.3 Å². The Kier molecular flexibility index (Phi) is 21.3. The van der Waals surface area contributed by atoms with Crippen LogP contribution in [-0.4, -0.2) is 127 Å². The second kappa shape index (κ2) is 24.1. The predicted octanol–water partition coefficient (Wildman–Crippen LogP) is -0.0118. The molecule has 0 aliphatic carbocycles. The Bertz CT molecular complexity index is 773. The fourth-order valence-corrected chi connectivity index (χ4v) is 3.35. The molecular weight excluding hydrogens is 526 g/mol. The number of allylic oxidation sites excluding steroid dienone is 1. The van der Waals surface area contributed by atoms with Gasteiger partial charge in [0.05, 0.1) is 98.4 Å². The maximum absolute atomic E-state index is 12.1. The Morgan fingerprint density at radius 3 is 1.70 bits per heavy atom. The van der Waals surface area contributed by atoms with Gasteiger partial charge in [0.1, 0.15) is 6.29 Å². The summed E-state index contributed by atoms with van der Waals surface area (Å²) >= 11 is 0. The summed E-state index contributed by atoms with van der Waals surface area (Å²) in [6.07, 6.45) is 6.26. The van der Waals surface area contributed by atoms with Gasteiger partial charge in [-0.25, -0.2) is 0 Å². The van der Waals surface area contributed by atoms with Crippen LogP contribution in [0.2, 0.25) is 0 Å². The number of nitrogens with zero attached hydrogens (tertiary/aromatic N) is 1. The normalized spacial score (nSPS) is 14.2. The highest BCUT2D eigenvalue weighted by Gasteiger charge is 2.22. The zero-order valence-corrected chi connectivity index (χ0v) is 23.7. The molecule has 228 valence electrons. The fourth-order valence-electron chi connectivity index (χ4n) is 3.35. The van der Waals surface area contributed by atoms with Crippen LogP contribution in [0.4, 0.5) is 0 Å². The molecule has 0 aromatic rings. The summed E-state index contributed by atoms with van der Waals surface area (Å²) in [4.78, 5) is 46.5. The first kappa shape index (κ1) is 35.3. The molecule has 0 radical (unpaired) electrons. The van der Waals surface area contributed by atoms with Crippen molar-refractivity contribution in [1.82, 2.24) is 15.5 Å². The Balaban J connectivity index is 1.80. The van der Waals surface area contributed by atoms with Crippen molar-refractivity contribution in [3.63, 3.8) is 0 Å². The minimum atomic E-state index is -0.314. The average Bonchev–Trinajstić information content (AvgIpc) is 3.26. The third-order valence-corrected chi connectivity index (χ3v) is 5.35. The Labute approximate surface area is 236 Å².